The summed E-state index contributed by atoms with van der Waals surface area (Å²) in [6, 6.07) is 4.02. The normalized spacial score (nSPS) is 18.7. The minimum atomic E-state index is 0.0403. The number of aryl methyl sites for hydroxylation is 1. The minimum absolute atomic E-state index is 0.0403. The molecule has 1 aliphatic heterocycles. The summed E-state index contributed by atoms with van der Waals surface area (Å²) >= 11 is 1.61. The summed E-state index contributed by atoms with van der Waals surface area (Å²) in [4.78, 5) is 5.52. The van der Waals surface area contributed by atoms with Crippen LogP contribution in [0.5, 0.6) is 0 Å². The Morgan fingerprint density at radius 3 is 3.35 bits per heavy atom. The Bertz CT molecular complexity index is 765. The zero-order valence-electron chi connectivity index (χ0n) is 12.8. The third-order valence-corrected chi connectivity index (χ3v) is 5.06. The average molecular weight is 330 g/mol. The van der Waals surface area contributed by atoms with Gasteiger partial charge in [-0.15, -0.1) is 21.5 Å². The quantitative estimate of drug-likeness (QED) is 0.773. The van der Waals surface area contributed by atoms with E-state index in [-0.39, 0.29) is 6.04 Å². The van der Waals surface area contributed by atoms with Crippen molar-refractivity contribution in [2.24, 2.45) is 5.92 Å². The highest BCUT2D eigenvalue weighted by Gasteiger charge is 2.21. The Labute approximate surface area is 137 Å². The van der Waals surface area contributed by atoms with E-state index >= 15 is 0 Å². The highest BCUT2D eigenvalue weighted by molar-refractivity contribution is 7.13. The van der Waals surface area contributed by atoms with E-state index in [4.69, 9.17) is 4.52 Å². The van der Waals surface area contributed by atoms with E-state index in [0.717, 1.165) is 36.6 Å². The van der Waals surface area contributed by atoms with Crippen LogP contribution in [-0.2, 0) is 13.0 Å². The number of nitrogens with zero attached hydrogens (tertiary/aromatic N) is 5. The number of hydrogen-bond donors (Lipinski definition) is 1. The SMILES string of the molecule is C[C@@H](NC[C@H]1CCc2nncn2C1)c1nc(-c2cccs2)no1. The molecule has 3 aromatic rings. The Hall–Kier alpha value is -2.06. The molecule has 1 N–H and O–H groups in total. The fourth-order valence-electron chi connectivity index (χ4n) is 2.84. The van der Waals surface area contributed by atoms with Gasteiger partial charge in [-0.2, -0.15) is 4.98 Å². The van der Waals surface area contributed by atoms with Gasteiger partial charge in [-0.25, -0.2) is 0 Å². The lowest BCUT2D eigenvalue weighted by Crippen LogP contribution is -2.31. The number of hydrogen-bond acceptors (Lipinski definition) is 7. The molecule has 4 rings (SSSR count). The van der Waals surface area contributed by atoms with E-state index in [1.807, 2.05) is 23.8 Å². The van der Waals surface area contributed by atoms with E-state index in [1.165, 1.54) is 0 Å². The van der Waals surface area contributed by atoms with Crippen molar-refractivity contribution in [3.8, 4) is 10.7 Å². The molecule has 120 valence electrons. The van der Waals surface area contributed by atoms with Crippen LogP contribution in [0.1, 0.15) is 31.1 Å². The molecule has 0 aromatic carbocycles. The molecule has 3 aromatic heterocycles. The highest BCUT2D eigenvalue weighted by Crippen LogP contribution is 2.23. The topological polar surface area (TPSA) is 81.7 Å². The van der Waals surface area contributed by atoms with E-state index < -0.39 is 0 Å². The monoisotopic (exact) mass is 330 g/mol. The van der Waals surface area contributed by atoms with Gasteiger partial charge < -0.3 is 14.4 Å². The van der Waals surface area contributed by atoms with Crippen LogP contribution in [0, 0.1) is 5.92 Å². The van der Waals surface area contributed by atoms with Crippen LogP contribution in [0.4, 0.5) is 0 Å². The molecule has 0 fully saturated rings. The Morgan fingerprint density at radius 2 is 2.48 bits per heavy atom. The minimum Gasteiger partial charge on any atom is -0.337 e. The summed E-state index contributed by atoms with van der Waals surface area (Å²) in [5, 5.41) is 17.7. The summed E-state index contributed by atoms with van der Waals surface area (Å²) in [6.45, 7) is 3.93. The second kappa shape index (κ2) is 6.21. The third-order valence-electron chi connectivity index (χ3n) is 4.19. The number of fused-ring (bicyclic) bond motifs is 1. The first-order valence-electron chi connectivity index (χ1n) is 7.77. The highest BCUT2D eigenvalue weighted by atomic mass is 32.1. The average Bonchev–Trinajstić information content (AvgIpc) is 3.32. The maximum Gasteiger partial charge on any atom is 0.243 e. The maximum absolute atomic E-state index is 5.39. The lowest BCUT2D eigenvalue weighted by Gasteiger charge is -2.24. The van der Waals surface area contributed by atoms with Gasteiger partial charge in [-0.3, -0.25) is 0 Å². The first-order valence-corrected chi connectivity index (χ1v) is 8.65. The summed E-state index contributed by atoms with van der Waals surface area (Å²) in [6.07, 6.45) is 3.93. The van der Waals surface area contributed by atoms with Gasteiger partial charge in [0.1, 0.15) is 12.2 Å². The van der Waals surface area contributed by atoms with Gasteiger partial charge in [-0.05, 0) is 30.7 Å². The van der Waals surface area contributed by atoms with Crippen molar-refractivity contribution in [3.63, 3.8) is 0 Å². The molecule has 0 aliphatic carbocycles. The Morgan fingerprint density at radius 1 is 1.52 bits per heavy atom. The van der Waals surface area contributed by atoms with Crippen molar-refractivity contribution in [1.29, 1.82) is 0 Å². The third kappa shape index (κ3) is 3.04. The van der Waals surface area contributed by atoms with Gasteiger partial charge in [-0.1, -0.05) is 11.2 Å². The van der Waals surface area contributed by atoms with E-state index in [2.05, 4.69) is 37.1 Å². The van der Waals surface area contributed by atoms with Crippen LogP contribution < -0.4 is 5.32 Å². The van der Waals surface area contributed by atoms with Crippen molar-refractivity contribution >= 4 is 11.3 Å². The summed E-state index contributed by atoms with van der Waals surface area (Å²) in [5.41, 5.74) is 0. The molecule has 2 atom stereocenters. The molecule has 4 heterocycles. The molecule has 0 radical (unpaired) electrons. The predicted octanol–water partition coefficient (Wildman–Crippen LogP) is 2.30. The molecule has 1 aliphatic rings. The fraction of sp³-hybridized carbons (Fsp3) is 0.467. The van der Waals surface area contributed by atoms with Gasteiger partial charge in [0, 0.05) is 19.5 Å². The molecule has 7 nitrogen and oxygen atoms in total. The van der Waals surface area contributed by atoms with Gasteiger partial charge in [0.2, 0.25) is 11.7 Å². The summed E-state index contributed by atoms with van der Waals surface area (Å²) in [7, 11) is 0. The second-order valence-electron chi connectivity index (χ2n) is 5.87. The lowest BCUT2D eigenvalue weighted by atomic mass is 9.99. The van der Waals surface area contributed by atoms with Gasteiger partial charge in [0.15, 0.2) is 0 Å². The van der Waals surface area contributed by atoms with Crippen LogP contribution in [0.15, 0.2) is 28.4 Å². The zero-order chi connectivity index (χ0) is 15.6. The predicted molar refractivity (Wildman–Crippen MR) is 85.9 cm³/mol. The summed E-state index contributed by atoms with van der Waals surface area (Å²) < 4.78 is 7.53. The molecular formula is C15H18N6OS. The second-order valence-corrected chi connectivity index (χ2v) is 6.82. The van der Waals surface area contributed by atoms with E-state index in [1.54, 1.807) is 11.3 Å². The number of nitrogens with one attached hydrogen (secondary N) is 1. The molecule has 23 heavy (non-hydrogen) atoms. The standard InChI is InChI=1S/C15H18N6OS/c1-10(15-18-14(20-22-15)12-3-2-6-23-12)16-7-11-4-5-13-19-17-9-21(13)8-11/h2-3,6,9-11,16H,4-5,7-8H2,1H3/t10-,11-/m1/s1. The van der Waals surface area contributed by atoms with E-state index in [9.17, 15) is 0 Å². The van der Waals surface area contributed by atoms with Crippen molar-refractivity contribution in [1.82, 2.24) is 30.2 Å². The van der Waals surface area contributed by atoms with Gasteiger partial charge in [0.25, 0.3) is 0 Å². The Kier molecular flexibility index (Phi) is 3.92. The van der Waals surface area contributed by atoms with Crippen LogP contribution in [0.25, 0.3) is 10.7 Å². The van der Waals surface area contributed by atoms with Crippen LogP contribution in [0.3, 0.4) is 0 Å². The first-order chi connectivity index (χ1) is 11.3. The number of thiophene rings is 1. The summed E-state index contributed by atoms with van der Waals surface area (Å²) in [5.74, 6) is 2.96. The molecular weight excluding hydrogens is 312 g/mol. The van der Waals surface area contributed by atoms with Crippen LogP contribution >= 0.6 is 11.3 Å². The molecule has 0 saturated carbocycles. The Balaban J connectivity index is 1.35. The van der Waals surface area contributed by atoms with Crippen LogP contribution in [0.2, 0.25) is 0 Å². The molecule has 0 spiro atoms. The lowest BCUT2D eigenvalue weighted by molar-refractivity contribution is 0.302. The number of aromatic nitrogens is 5. The van der Waals surface area contributed by atoms with Gasteiger partial charge >= 0.3 is 0 Å². The molecule has 0 unspecified atom stereocenters. The zero-order valence-corrected chi connectivity index (χ0v) is 13.7. The molecule has 8 heteroatoms. The smallest absolute Gasteiger partial charge is 0.243 e. The van der Waals surface area contributed by atoms with Crippen molar-refractivity contribution in [3.05, 3.63) is 35.6 Å². The maximum atomic E-state index is 5.39. The largest absolute Gasteiger partial charge is 0.337 e. The number of rotatable bonds is 5. The molecule has 0 saturated heterocycles. The van der Waals surface area contributed by atoms with E-state index in [0.29, 0.717) is 17.6 Å². The van der Waals surface area contributed by atoms with Crippen molar-refractivity contribution in [2.75, 3.05) is 6.54 Å². The molecule has 0 bridgehead atoms. The molecule has 0 amide bonds. The van der Waals surface area contributed by atoms with Crippen LogP contribution in [-0.4, -0.2) is 31.4 Å². The fourth-order valence-corrected chi connectivity index (χ4v) is 3.49. The van der Waals surface area contributed by atoms with Crippen molar-refractivity contribution < 1.29 is 4.52 Å². The van der Waals surface area contributed by atoms with Crippen molar-refractivity contribution in [2.45, 2.75) is 32.4 Å². The first kappa shape index (κ1) is 14.5. The van der Waals surface area contributed by atoms with Gasteiger partial charge in [0.05, 0.1) is 10.9 Å².